The van der Waals surface area contributed by atoms with Gasteiger partial charge in [0.1, 0.15) is 0 Å². The van der Waals surface area contributed by atoms with Crippen LogP contribution < -0.4 is 5.32 Å². The fraction of sp³-hybridized carbons (Fsp3) is 0.381. The van der Waals surface area contributed by atoms with Crippen LogP contribution in [0.5, 0.6) is 0 Å². The molecule has 3 unspecified atom stereocenters. The van der Waals surface area contributed by atoms with E-state index in [1.165, 1.54) is 6.92 Å². The van der Waals surface area contributed by atoms with Crippen LogP contribution in [0.25, 0.3) is 0 Å². The molecule has 5 heteroatoms. The Kier molecular flexibility index (Phi) is 8.28. The Labute approximate surface area is 154 Å². The molecule has 0 saturated heterocycles. The third kappa shape index (κ3) is 6.59. The highest BCUT2D eigenvalue weighted by Gasteiger charge is 2.31. The fourth-order valence-electron chi connectivity index (χ4n) is 2.94. The topological polar surface area (TPSA) is 78.8 Å². The molecule has 0 fully saturated rings. The van der Waals surface area contributed by atoms with Gasteiger partial charge in [-0.3, -0.25) is 4.79 Å². The Bertz CT molecular complexity index is 646. The van der Waals surface area contributed by atoms with E-state index in [0.29, 0.717) is 26.2 Å². The Balaban J connectivity index is 1.92. The van der Waals surface area contributed by atoms with E-state index in [0.717, 1.165) is 11.1 Å². The zero-order valence-corrected chi connectivity index (χ0v) is 15.0. The first-order valence-electron chi connectivity index (χ1n) is 8.87. The summed E-state index contributed by atoms with van der Waals surface area (Å²) < 4.78 is 5.70. The van der Waals surface area contributed by atoms with Crippen LogP contribution in [-0.2, 0) is 22.7 Å². The minimum atomic E-state index is -1.01. The van der Waals surface area contributed by atoms with Crippen LogP contribution in [0.3, 0.4) is 0 Å². The van der Waals surface area contributed by atoms with Crippen molar-refractivity contribution in [1.29, 1.82) is 0 Å². The van der Waals surface area contributed by atoms with Gasteiger partial charge in [-0.15, -0.1) is 0 Å². The van der Waals surface area contributed by atoms with E-state index in [1.54, 1.807) is 0 Å². The molecule has 0 amide bonds. The van der Waals surface area contributed by atoms with E-state index < -0.39 is 18.0 Å². The molecule has 0 aliphatic rings. The lowest BCUT2D eigenvalue weighted by Gasteiger charge is -2.27. The molecule has 0 spiro atoms. The van der Waals surface area contributed by atoms with Gasteiger partial charge < -0.3 is 20.3 Å². The van der Waals surface area contributed by atoms with Crippen molar-refractivity contribution in [3.05, 3.63) is 71.8 Å². The lowest BCUT2D eigenvalue weighted by molar-refractivity contribution is -0.147. The maximum atomic E-state index is 11.6. The first-order chi connectivity index (χ1) is 12.6. The van der Waals surface area contributed by atoms with Crippen LogP contribution in [0.4, 0.5) is 0 Å². The Hall–Kier alpha value is -2.21. The maximum Gasteiger partial charge on any atom is 0.310 e. The highest BCUT2D eigenvalue weighted by Crippen LogP contribution is 2.15. The Morgan fingerprint density at radius 3 is 2.15 bits per heavy atom. The number of benzene rings is 2. The van der Waals surface area contributed by atoms with Crippen molar-refractivity contribution < 1.29 is 19.7 Å². The number of aliphatic hydroxyl groups is 1. The van der Waals surface area contributed by atoms with Gasteiger partial charge in [0.2, 0.25) is 0 Å². The summed E-state index contributed by atoms with van der Waals surface area (Å²) in [4.78, 5) is 11.6. The molecule has 0 heterocycles. The van der Waals surface area contributed by atoms with Gasteiger partial charge in [0.15, 0.2) is 0 Å². The molecule has 2 aromatic carbocycles. The van der Waals surface area contributed by atoms with Crippen molar-refractivity contribution in [2.45, 2.75) is 38.6 Å². The molecule has 0 bridgehead atoms. The van der Waals surface area contributed by atoms with Crippen molar-refractivity contribution in [3.8, 4) is 0 Å². The molecule has 3 N–H and O–H groups in total. The largest absolute Gasteiger partial charge is 0.481 e. The summed E-state index contributed by atoms with van der Waals surface area (Å²) in [5.41, 5.74) is 2.14. The smallest absolute Gasteiger partial charge is 0.310 e. The van der Waals surface area contributed by atoms with E-state index in [4.69, 9.17) is 4.74 Å². The zero-order valence-electron chi connectivity index (χ0n) is 15.0. The van der Waals surface area contributed by atoms with Gasteiger partial charge in [-0.25, -0.2) is 0 Å². The molecule has 3 atom stereocenters. The summed E-state index contributed by atoms with van der Waals surface area (Å²) in [6.45, 7) is 2.96. The van der Waals surface area contributed by atoms with Crippen LogP contribution in [0.2, 0.25) is 0 Å². The number of nitrogens with one attached hydrogen (secondary N) is 1. The monoisotopic (exact) mass is 357 g/mol. The third-order valence-electron chi connectivity index (χ3n) is 4.33. The standard InChI is InChI=1S/C21H27NO4/c1-16(23)20(21(24)25)19(22-14-17-8-4-2-5-9-17)12-13-26-15-18-10-6-3-7-11-18/h2-11,16,19-20,22-23H,12-15H2,1H3,(H,24,25). The molecular formula is C21H27NO4. The quantitative estimate of drug-likeness (QED) is 0.539. The average molecular weight is 357 g/mol. The number of carboxylic acid groups (broad SMARTS) is 1. The van der Waals surface area contributed by atoms with Crippen molar-refractivity contribution in [2.75, 3.05) is 6.61 Å². The van der Waals surface area contributed by atoms with Gasteiger partial charge >= 0.3 is 5.97 Å². The molecule has 140 valence electrons. The van der Waals surface area contributed by atoms with E-state index >= 15 is 0 Å². The summed E-state index contributed by atoms with van der Waals surface area (Å²) in [6, 6.07) is 19.2. The fourth-order valence-corrected chi connectivity index (χ4v) is 2.94. The lowest BCUT2D eigenvalue weighted by atomic mass is 9.92. The second-order valence-electron chi connectivity index (χ2n) is 6.40. The summed E-state index contributed by atoms with van der Waals surface area (Å²) in [7, 11) is 0. The van der Waals surface area contributed by atoms with Gasteiger partial charge in [-0.05, 0) is 24.5 Å². The first-order valence-corrected chi connectivity index (χ1v) is 8.87. The number of hydrogen-bond donors (Lipinski definition) is 3. The molecule has 0 radical (unpaired) electrons. The average Bonchev–Trinajstić information content (AvgIpc) is 2.64. The van der Waals surface area contributed by atoms with Crippen LogP contribution >= 0.6 is 0 Å². The Morgan fingerprint density at radius 2 is 1.62 bits per heavy atom. The van der Waals surface area contributed by atoms with Gasteiger partial charge in [0.25, 0.3) is 0 Å². The number of hydrogen-bond acceptors (Lipinski definition) is 4. The number of aliphatic hydroxyl groups excluding tert-OH is 1. The SMILES string of the molecule is CC(O)C(C(=O)O)C(CCOCc1ccccc1)NCc1ccccc1. The van der Waals surface area contributed by atoms with E-state index in [-0.39, 0.29) is 6.04 Å². The van der Waals surface area contributed by atoms with Crippen molar-refractivity contribution in [2.24, 2.45) is 5.92 Å². The van der Waals surface area contributed by atoms with Crippen molar-refractivity contribution in [3.63, 3.8) is 0 Å². The summed E-state index contributed by atoms with van der Waals surface area (Å²) in [6.07, 6.45) is -0.448. The van der Waals surface area contributed by atoms with Gasteiger partial charge in [0.05, 0.1) is 18.6 Å². The highest BCUT2D eigenvalue weighted by molar-refractivity contribution is 5.71. The molecule has 5 nitrogen and oxygen atoms in total. The molecule has 2 rings (SSSR count). The summed E-state index contributed by atoms with van der Waals surface area (Å²) in [5.74, 6) is -1.90. The minimum Gasteiger partial charge on any atom is -0.481 e. The molecule has 2 aromatic rings. The van der Waals surface area contributed by atoms with E-state index in [9.17, 15) is 15.0 Å². The zero-order chi connectivity index (χ0) is 18.8. The predicted octanol–water partition coefficient (Wildman–Crippen LogP) is 2.83. The Morgan fingerprint density at radius 1 is 1.04 bits per heavy atom. The van der Waals surface area contributed by atoms with Crippen molar-refractivity contribution in [1.82, 2.24) is 5.32 Å². The summed E-state index contributed by atoms with van der Waals surface area (Å²) in [5, 5.41) is 22.7. The second kappa shape index (κ2) is 10.7. The number of carbonyl (C=O) groups is 1. The molecule has 0 saturated carbocycles. The van der Waals surface area contributed by atoms with E-state index in [1.807, 2.05) is 60.7 Å². The number of ether oxygens (including phenoxy) is 1. The predicted molar refractivity (Wildman–Crippen MR) is 101 cm³/mol. The molecule has 0 aliphatic carbocycles. The van der Waals surface area contributed by atoms with Crippen LogP contribution in [0.1, 0.15) is 24.5 Å². The van der Waals surface area contributed by atoms with Gasteiger partial charge in [-0.1, -0.05) is 60.7 Å². The van der Waals surface area contributed by atoms with Crippen LogP contribution in [0.15, 0.2) is 60.7 Å². The summed E-state index contributed by atoms with van der Waals surface area (Å²) >= 11 is 0. The van der Waals surface area contributed by atoms with Gasteiger partial charge in [-0.2, -0.15) is 0 Å². The van der Waals surface area contributed by atoms with Crippen LogP contribution in [-0.4, -0.2) is 34.9 Å². The molecule has 26 heavy (non-hydrogen) atoms. The molecule has 0 aromatic heterocycles. The van der Waals surface area contributed by atoms with E-state index in [2.05, 4.69) is 5.32 Å². The number of carboxylic acids is 1. The highest BCUT2D eigenvalue weighted by atomic mass is 16.5. The molecule has 0 aliphatic heterocycles. The normalized spacial score (nSPS) is 14.5. The third-order valence-corrected chi connectivity index (χ3v) is 4.33. The van der Waals surface area contributed by atoms with Crippen LogP contribution in [0, 0.1) is 5.92 Å². The number of aliphatic carboxylic acids is 1. The minimum absolute atomic E-state index is 0.386. The first kappa shape index (κ1) is 20.1. The molecular weight excluding hydrogens is 330 g/mol. The number of rotatable bonds is 11. The lowest BCUT2D eigenvalue weighted by Crippen LogP contribution is -2.45. The second-order valence-corrected chi connectivity index (χ2v) is 6.40. The maximum absolute atomic E-state index is 11.6. The van der Waals surface area contributed by atoms with Gasteiger partial charge in [0, 0.05) is 19.2 Å². The van der Waals surface area contributed by atoms with Crippen molar-refractivity contribution >= 4 is 5.97 Å².